The monoisotopic (exact) mass is 258 g/mol. The van der Waals surface area contributed by atoms with Gasteiger partial charge in [0.25, 0.3) is 5.91 Å². The summed E-state index contributed by atoms with van der Waals surface area (Å²) in [5, 5.41) is 2.88. The molecular formula is C14H18N4O. The molecule has 0 saturated carbocycles. The molecule has 0 fully saturated rings. The summed E-state index contributed by atoms with van der Waals surface area (Å²) in [5.41, 5.74) is 8.60. The van der Waals surface area contributed by atoms with Gasteiger partial charge in [0, 0.05) is 30.3 Å². The van der Waals surface area contributed by atoms with Gasteiger partial charge in [-0.25, -0.2) is 0 Å². The molecule has 0 bridgehead atoms. The molecule has 0 radical (unpaired) electrons. The number of pyridine rings is 1. The van der Waals surface area contributed by atoms with Gasteiger partial charge in [-0.05, 0) is 38.5 Å². The maximum Gasteiger partial charge on any atom is 0.272 e. The van der Waals surface area contributed by atoms with E-state index < -0.39 is 0 Å². The topological polar surface area (TPSA) is 72.9 Å². The van der Waals surface area contributed by atoms with Gasteiger partial charge in [0.05, 0.1) is 5.69 Å². The molecule has 1 amide bonds. The Balaban J connectivity index is 2.28. The summed E-state index contributed by atoms with van der Waals surface area (Å²) in [6, 6.07) is 3.64. The average molecular weight is 258 g/mol. The molecular weight excluding hydrogens is 240 g/mol. The van der Waals surface area contributed by atoms with Crippen LogP contribution in [0.15, 0.2) is 30.7 Å². The number of nitrogen functional groups attached to an aromatic ring is 1. The van der Waals surface area contributed by atoms with Gasteiger partial charge >= 0.3 is 0 Å². The van der Waals surface area contributed by atoms with E-state index in [4.69, 9.17) is 5.73 Å². The van der Waals surface area contributed by atoms with E-state index in [2.05, 4.69) is 10.3 Å². The maximum absolute atomic E-state index is 12.3. The predicted octanol–water partition coefficient (Wildman–Crippen LogP) is 2.61. The highest BCUT2D eigenvalue weighted by molar-refractivity contribution is 6.04. The van der Waals surface area contributed by atoms with Gasteiger partial charge in [-0.15, -0.1) is 0 Å². The molecule has 0 unspecified atom stereocenters. The van der Waals surface area contributed by atoms with Crippen LogP contribution in [0, 0.1) is 6.92 Å². The molecule has 0 aromatic carbocycles. The molecule has 100 valence electrons. The summed E-state index contributed by atoms with van der Waals surface area (Å²) < 4.78 is 1.86. The van der Waals surface area contributed by atoms with Crippen LogP contribution in [0.3, 0.4) is 0 Å². The number of hydrogen-bond acceptors (Lipinski definition) is 3. The van der Waals surface area contributed by atoms with Gasteiger partial charge in [0.2, 0.25) is 0 Å². The zero-order valence-electron chi connectivity index (χ0n) is 11.3. The Hall–Kier alpha value is -2.30. The van der Waals surface area contributed by atoms with Crippen molar-refractivity contribution in [2.45, 2.75) is 26.8 Å². The van der Waals surface area contributed by atoms with Gasteiger partial charge in [0.15, 0.2) is 0 Å². The van der Waals surface area contributed by atoms with Crippen molar-refractivity contribution in [2.24, 2.45) is 0 Å². The van der Waals surface area contributed by atoms with E-state index in [1.165, 1.54) is 0 Å². The first kappa shape index (κ1) is 13.1. The molecule has 5 heteroatoms. The summed E-state index contributed by atoms with van der Waals surface area (Å²) in [5.74, 6) is -0.167. The van der Waals surface area contributed by atoms with Crippen molar-refractivity contribution in [1.29, 1.82) is 0 Å². The van der Waals surface area contributed by atoms with Crippen molar-refractivity contribution in [3.05, 3.63) is 42.0 Å². The van der Waals surface area contributed by atoms with E-state index in [0.29, 0.717) is 11.4 Å². The lowest BCUT2D eigenvalue weighted by Gasteiger charge is -2.13. The Morgan fingerprint density at radius 1 is 1.47 bits per heavy atom. The third-order valence-corrected chi connectivity index (χ3v) is 2.93. The minimum Gasteiger partial charge on any atom is -0.397 e. The molecule has 5 nitrogen and oxygen atoms in total. The molecule has 2 aromatic heterocycles. The van der Waals surface area contributed by atoms with Gasteiger partial charge in [0.1, 0.15) is 5.69 Å². The minimum absolute atomic E-state index is 0.167. The Morgan fingerprint density at radius 2 is 2.21 bits per heavy atom. The maximum atomic E-state index is 12.3. The van der Waals surface area contributed by atoms with E-state index >= 15 is 0 Å². The summed E-state index contributed by atoms with van der Waals surface area (Å²) in [4.78, 5) is 16.3. The molecule has 0 saturated heterocycles. The average Bonchev–Trinajstić information content (AvgIpc) is 2.74. The number of hydrogen-bond donors (Lipinski definition) is 2. The standard InChI is InChI=1S/C14H18N4O/c1-9(2)18-8-11(15)6-13(18)14(19)17-12-4-5-16-7-10(12)3/h4-9H,15H2,1-3H3,(H,16,17,19). The summed E-state index contributed by atoms with van der Waals surface area (Å²) in [6.07, 6.45) is 5.14. The number of rotatable bonds is 3. The normalized spacial score (nSPS) is 10.7. The first-order chi connectivity index (χ1) is 8.99. The smallest absolute Gasteiger partial charge is 0.272 e. The molecule has 0 aliphatic heterocycles. The Labute approximate surface area is 112 Å². The second kappa shape index (κ2) is 5.14. The van der Waals surface area contributed by atoms with Crippen LogP contribution in [0.1, 0.15) is 35.9 Å². The van der Waals surface area contributed by atoms with E-state index in [-0.39, 0.29) is 11.9 Å². The molecule has 2 rings (SSSR count). The summed E-state index contributed by atoms with van der Waals surface area (Å²) >= 11 is 0. The van der Waals surface area contributed by atoms with Gasteiger partial charge in [-0.3, -0.25) is 9.78 Å². The van der Waals surface area contributed by atoms with Crippen LogP contribution in [0.2, 0.25) is 0 Å². The van der Waals surface area contributed by atoms with Gasteiger partial charge < -0.3 is 15.6 Å². The summed E-state index contributed by atoms with van der Waals surface area (Å²) in [7, 11) is 0. The lowest BCUT2D eigenvalue weighted by Crippen LogP contribution is -2.18. The minimum atomic E-state index is -0.167. The quantitative estimate of drug-likeness (QED) is 0.888. The fourth-order valence-electron chi connectivity index (χ4n) is 1.91. The molecule has 0 aliphatic carbocycles. The number of aryl methyl sites for hydroxylation is 1. The fourth-order valence-corrected chi connectivity index (χ4v) is 1.91. The SMILES string of the molecule is Cc1cnccc1NC(=O)c1cc(N)cn1C(C)C. The molecule has 19 heavy (non-hydrogen) atoms. The predicted molar refractivity (Wildman–Crippen MR) is 76.2 cm³/mol. The van der Waals surface area contributed by atoms with E-state index in [9.17, 15) is 4.79 Å². The molecule has 2 heterocycles. The van der Waals surface area contributed by atoms with E-state index in [1.54, 1.807) is 30.7 Å². The first-order valence-electron chi connectivity index (χ1n) is 6.18. The van der Waals surface area contributed by atoms with Crippen molar-refractivity contribution < 1.29 is 4.79 Å². The lowest BCUT2D eigenvalue weighted by atomic mass is 10.2. The third-order valence-electron chi connectivity index (χ3n) is 2.93. The van der Waals surface area contributed by atoms with Crippen LogP contribution in [0.4, 0.5) is 11.4 Å². The first-order valence-corrected chi connectivity index (χ1v) is 6.18. The van der Waals surface area contributed by atoms with E-state index in [1.807, 2.05) is 25.3 Å². The van der Waals surface area contributed by atoms with Crippen molar-refractivity contribution in [2.75, 3.05) is 11.1 Å². The van der Waals surface area contributed by atoms with Crippen molar-refractivity contribution in [3.63, 3.8) is 0 Å². The van der Waals surface area contributed by atoms with Crippen LogP contribution in [0.25, 0.3) is 0 Å². The lowest BCUT2D eigenvalue weighted by molar-refractivity contribution is 0.101. The third kappa shape index (κ3) is 2.76. The highest BCUT2D eigenvalue weighted by Gasteiger charge is 2.15. The second-order valence-corrected chi connectivity index (χ2v) is 4.80. The van der Waals surface area contributed by atoms with Gasteiger partial charge in [-0.2, -0.15) is 0 Å². The van der Waals surface area contributed by atoms with E-state index in [0.717, 1.165) is 11.3 Å². The largest absolute Gasteiger partial charge is 0.397 e. The molecule has 0 spiro atoms. The highest BCUT2D eigenvalue weighted by Crippen LogP contribution is 2.19. The number of anilines is 2. The highest BCUT2D eigenvalue weighted by atomic mass is 16.1. The van der Waals surface area contributed by atoms with Crippen LogP contribution in [-0.4, -0.2) is 15.5 Å². The van der Waals surface area contributed by atoms with Crippen LogP contribution < -0.4 is 11.1 Å². The van der Waals surface area contributed by atoms with Gasteiger partial charge in [-0.1, -0.05) is 0 Å². The summed E-state index contributed by atoms with van der Waals surface area (Å²) in [6.45, 7) is 5.92. The van der Waals surface area contributed by atoms with Crippen molar-refractivity contribution in [1.82, 2.24) is 9.55 Å². The van der Waals surface area contributed by atoms with Crippen LogP contribution in [-0.2, 0) is 0 Å². The Morgan fingerprint density at radius 3 is 2.84 bits per heavy atom. The molecule has 2 aromatic rings. The Bertz CT molecular complexity index is 601. The second-order valence-electron chi connectivity index (χ2n) is 4.80. The fraction of sp³-hybridized carbons (Fsp3) is 0.286. The number of aromatic nitrogens is 2. The number of nitrogens with zero attached hydrogens (tertiary/aromatic N) is 2. The molecule has 0 aliphatic rings. The number of carbonyl (C=O) groups excluding carboxylic acids is 1. The van der Waals surface area contributed by atoms with Crippen molar-refractivity contribution in [3.8, 4) is 0 Å². The molecule has 3 N–H and O–H groups in total. The van der Waals surface area contributed by atoms with Crippen LogP contribution >= 0.6 is 0 Å². The number of nitrogens with one attached hydrogen (secondary N) is 1. The number of nitrogens with two attached hydrogens (primary N) is 1. The van der Waals surface area contributed by atoms with Crippen molar-refractivity contribution >= 4 is 17.3 Å². The Kier molecular flexibility index (Phi) is 3.55. The van der Waals surface area contributed by atoms with Crippen LogP contribution in [0.5, 0.6) is 0 Å². The number of carbonyl (C=O) groups is 1. The molecule has 0 atom stereocenters. The number of amides is 1. The zero-order chi connectivity index (χ0) is 14.0. The zero-order valence-corrected chi connectivity index (χ0v) is 11.3.